The second kappa shape index (κ2) is 6.33. The second-order valence-corrected chi connectivity index (χ2v) is 7.01. The van der Waals surface area contributed by atoms with E-state index in [2.05, 4.69) is 0 Å². The first-order valence-electron chi connectivity index (χ1n) is 6.71. The molecular formula is C15H19NO3S. The molecule has 0 aromatic heterocycles. The molecule has 1 aliphatic carbocycles. The van der Waals surface area contributed by atoms with Crippen molar-refractivity contribution in [3.05, 3.63) is 42.0 Å². The number of carbonyl (C=O) groups is 1. The van der Waals surface area contributed by atoms with Crippen LogP contribution in [0.5, 0.6) is 0 Å². The number of aldehydes is 1. The number of sulfonamides is 1. The van der Waals surface area contributed by atoms with Crippen LogP contribution in [0.1, 0.15) is 18.4 Å². The molecule has 0 amide bonds. The molecule has 0 bridgehead atoms. The van der Waals surface area contributed by atoms with E-state index in [1.54, 1.807) is 24.3 Å². The second-order valence-electron chi connectivity index (χ2n) is 5.07. The van der Waals surface area contributed by atoms with Gasteiger partial charge in [-0.05, 0) is 37.8 Å². The van der Waals surface area contributed by atoms with E-state index in [4.69, 9.17) is 0 Å². The van der Waals surface area contributed by atoms with Crippen molar-refractivity contribution in [1.29, 1.82) is 0 Å². The number of carbonyl (C=O) groups excluding carboxylic acids is 1. The van der Waals surface area contributed by atoms with Crippen LogP contribution in [-0.4, -0.2) is 32.1 Å². The Morgan fingerprint density at radius 3 is 2.40 bits per heavy atom. The summed E-state index contributed by atoms with van der Waals surface area (Å²) in [6.45, 7) is 2.02. The third kappa shape index (κ3) is 3.77. The maximum absolute atomic E-state index is 12.5. The Labute approximate surface area is 120 Å². The summed E-state index contributed by atoms with van der Waals surface area (Å²) in [5, 5.41) is 0. The predicted molar refractivity (Wildman–Crippen MR) is 77.9 cm³/mol. The molecule has 0 radical (unpaired) electrons. The summed E-state index contributed by atoms with van der Waals surface area (Å²) < 4.78 is 26.1. The highest BCUT2D eigenvalue weighted by Crippen LogP contribution is 2.30. The molecule has 2 rings (SSSR count). The van der Waals surface area contributed by atoms with Gasteiger partial charge in [0, 0.05) is 6.54 Å². The van der Waals surface area contributed by atoms with E-state index in [0.29, 0.717) is 12.2 Å². The first-order valence-corrected chi connectivity index (χ1v) is 8.15. The summed E-state index contributed by atoms with van der Waals surface area (Å²) in [6, 6.07) is 6.66. The Morgan fingerprint density at radius 1 is 1.20 bits per heavy atom. The summed E-state index contributed by atoms with van der Waals surface area (Å²) in [5.41, 5.74) is 1.000. The minimum atomic E-state index is -3.61. The van der Waals surface area contributed by atoms with Crippen molar-refractivity contribution >= 4 is 16.3 Å². The smallest absolute Gasteiger partial charge is 0.243 e. The molecule has 4 nitrogen and oxygen atoms in total. The van der Waals surface area contributed by atoms with Crippen LogP contribution in [0.25, 0.3) is 0 Å². The number of nitrogens with zero attached hydrogens (tertiary/aromatic N) is 1. The van der Waals surface area contributed by atoms with Crippen LogP contribution in [0.15, 0.2) is 41.3 Å². The third-order valence-corrected chi connectivity index (χ3v) is 5.12. The Hall–Kier alpha value is -1.46. The SMILES string of the molecule is Cc1ccc(S(=O)(=O)N(CC=O)C/C=C/C2CC2)cc1. The van der Waals surface area contributed by atoms with Crippen molar-refractivity contribution in [3.63, 3.8) is 0 Å². The third-order valence-electron chi connectivity index (χ3n) is 3.28. The highest BCUT2D eigenvalue weighted by atomic mass is 32.2. The summed E-state index contributed by atoms with van der Waals surface area (Å²) in [6.07, 6.45) is 6.84. The molecular weight excluding hydrogens is 274 g/mol. The summed E-state index contributed by atoms with van der Waals surface area (Å²) >= 11 is 0. The lowest BCUT2D eigenvalue weighted by Crippen LogP contribution is -2.33. The fourth-order valence-corrected chi connectivity index (χ4v) is 3.19. The maximum atomic E-state index is 12.5. The van der Waals surface area contributed by atoms with Crippen LogP contribution in [0, 0.1) is 12.8 Å². The Kier molecular flexibility index (Phi) is 4.73. The van der Waals surface area contributed by atoms with Crippen molar-refractivity contribution in [2.24, 2.45) is 5.92 Å². The summed E-state index contributed by atoms with van der Waals surface area (Å²) in [5.74, 6) is 0.593. The van der Waals surface area contributed by atoms with Gasteiger partial charge in [-0.25, -0.2) is 8.42 Å². The molecule has 0 aliphatic heterocycles. The van der Waals surface area contributed by atoms with Gasteiger partial charge in [-0.3, -0.25) is 0 Å². The van der Waals surface area contributed by atoms with Crippen molar-refractivity contribution < 1.29 is 13.2 Å². The van der Waals surface area contributed by atoms with Crippen LogP contribution in [0.2, 0.25) is 0 Å². The van der Waals surface area contributed by atoms with E-state index in [1.165, 1.54) is 17.1 Å². The lowest BCUT2D eigenvalue weighted by molar-refractivity contribution is -0.108. The standard InChI is InChI=1S/C15H19NO3S/c1-13-4-8-15(9-5-13)20(18,19)16(11-12-17)10-2-3-14-6-7-14/h2-5,8-9,12,14H,6-7,10-11H2,1H3/b3-2+. The van der Waals surface area contributed by atoms with Crippen LogP contribution in [-0.2, 0) is 14.8 Å². The molecule has 0 atom stereocenters. The number of benzene rings is 1. The van der Waals surface area contributed by atoms with E-state index >= 15 is 0 Å². The van der Waals surface area contributed by atoms with Gasteiger partial charge in [-0.2, -0.15) is 4.31 Å². The minimum Gasteiger partial charge on any atom is -0.302 e. The zero-order valence-electron chi connectivity index (χ0n) is 11.5. The molecule has 5 heteroatoms. The molecule has 0 saturated heterocycles. The van der Waals surface area contributed by atoms with Crippen molar-refractivity contribution in [3.8, 4) is 0 Å². The fourth-order valence-electron chi connectivity index (χ4n) is 1.87. The molecule has 1 aromatic carbocycles. The molecule has 1 fully saturated rings. The van der Waals surface area contributed by atoms with Gasteiger partial charge in [0.05, 0.1) is 11.4 Å². The van der Waals surface area contributed by atoms with Crippen LogP contribution in [0.4, 0.5) is 0 Å². The lowest BCUT2D eigenvalue weighted by atomic mass is 10.2. The lowest BCUT2D eigenvalue weighted by Gasteiger charge is -2.18. The van der Waals surface area contributed by atoms with Gasteiger partial charge in [0.2, 0.25) is 10.0 Å². The summed E-state index contributed by atoms with van der Waals surface area (Å²) in [4.78, 5) is 11.0. The molecule has 0 N–H and O–H groups in total. The highest BCUT2D eigenvalue weighted by Gasteiger charge is 2.23. The number of aryl methyl sites for hydroxylation is 1. The van der Waals surface area contributed by atoms with Gasteiger partial charge < -0.3 is 4.79 Å². The topological polar surface area (TPSA) is 54.5 Å². The van der Waals surface area contributed by atoms with Gasteiger partial charge in [-0.15, -0.1) is 0 Å². The monoisotopic (exact) mass is 293 g/mol. The van der Waals surface area contributed by atoms with Gasteiger partial charge in [0.15, 0.2) is 0 Å². The molecule has 20 heavy (non-hydrogen) atoms. The number of hydrogen-bond donors (Lipinski definition) is 0. The Morgan fingerprint density at radius 2 is 1.85 bits per heavy atom. The Bertz CT molecular complexity index is 586. The van der Waals surface area contributed by atoms with Crippen LogP contribution >= 0.6 is 0 Å². The number of rotatable bonds is 7. The maximum Gasteiger partial charge on any atom is 0.243 e. The highest BCUT2D eigenvalue weighted by molar-refractivity contribution is 7.89. The van der Waals surface area contributed by atoms with Gasteiger partial charge in [-0.1, -0.05) is 29.8 Å². The fraction of sp³-hybridized carbons (Fsp3) is 0.400. The Balaban J connectivity index is 2.16. The zero-order chi connectivity index (χ0) is 14.6. The van der Waals surface area contributed by atoms with Gasteiger partial charge in [0.25, 0.3) is 0 Å². The van der Waals surface area contributed by atoms with Gasteiger partial charge in [0.1, 0.15) is 6.29 Å². The number of allylic oxidation sites excluding steroid dienone is 1. The van der Waals surface area contributed by atoms with Crippen LogP contribution < -0.4 is 0 Å². The quantitative estimate of drug-likeness (QED) is 0.572. The van der Waals surface area contributed by atoms with E-state index in [0.717, 1.165) is 5.56 Å². The minimum absolute atomic E-state index is 0.120. The van der Waals surface area contributed by atoms with E-state index in [1.807, 2.05) is 19.1 Å². The van der Waals surface area contributed by atoms with Crippen molar-refractivity contribution in [1.82, 2.24) is 4.31 Å². The molecule has 108 valence electrons. The summed E-state index contributed by atoms with van der Waals surface area (Å²) in [7, 11) is -3.61. The van der Waals surface area contributed by atoms with E-state index < -0.39 is 10.0 Å². The number of hydrogen-bond acceptors (Lipinski definition) is 3. The normalized spacial score (nSPS) is 15.9. The molecule has 1 aliphatic rings. The van der Waals surface area contributed by atoms with Crippen LogP contribution in [0.3, 0.4) is 0 Å². The van der Waals surface area contributed by atoms with Gasteiger partial charge >= 0.3 is 0 Å². The van der Waals surface area contributed by atoms with E-state index in [-0.39, 0.29) is 18.0 Å². The largest absolute Gasteiger partial charge is 0.302 e. The van der Waals surface area contributed by atoms with Crippen molar-refractivity contribution in [2.45, 2.75) is 24.7 Å². The average molecular weight is 293 g/mol. The molecule has 0 spiro atoms. The molecule has 0 heterocycles. The first-order chi connectivity index (χ1) is 9.54. The van der Waals surface area contributed by atoms with Crippen molar-refractivity contribution in [2.75, 3.05) is 13.1 Å². The molecule has 0 unspecified atom stereocenters. The van der Waals surface area contributed by atoms with E-state index in [9.17, 15) is 13.2 Å². The molecule has 1 aromatic rings. The average Bonchev–Trinajstić information content (AvgIpc) is 3.22. The predicted octanol–water partition coefficient (Wildman–Crippen LogP) is 2.15. The molecule has 1 saturated carbocycles. The first kappa shape index (κ1) is 14.9. The zero-order valence-corrected chi connectivity index (χ0v) is 12.3.